The largest absolute Gasteiger partial charge is 0.400 e. The van der Waals surface area contributed by atoms with Gasteiger partial charge in [-0.05, 0) is 34.6 Å². The molecule has 1 saturated heterocycles. The number of ether oxygens (including phenoxy) is 2. The van der Waals surface area contributed by atoms with Crippen LogP contribution in [0.2, 0.25) is 0 Å². The van der Waals surface area contributed by atoms with Gasteiger partial charge >= 0.3 is 0 Å². The van der Waals surface area contributed by atoms with Gasteiger partial charge in [0.15, 0.2) is 0 Å². The molecule has 1 aliphatic heterocycles. The quantitative estimate of drug-likeness (QED) is 0.407. The van der Waals surface area contributed by atoms with E-state index >= 15 is 0 Å². The number of nitriles is 1. The Balaban J connectivity index is 0.00000282. The lowest BCUT2D eigenvalue weighted by Gasteiger charge is -2.38. The van der Waals surface area contributed by atoms with E-state index in [0.717, 1.165) is 0 Å². The van der Waals surface area contributed by atoms with Crippen molar-refractivity contribution < 1.29 is 25.5 Å². The van der Waals surface area contributed by atoms with Gasteiger partial charge in [0, 0.05) is 52.4 Å². The number of hydrogen-bond acceptors (Lipinski definition) is 7. The van der Waals surface area contributed by atoms with Gasteiger partial charge in [-0.2, -0.15) is 5.26 Å². The molecule has 0 aliphatic carbocycles. The maximum Gasteiger partial charge on any atom is 0.223 e. The van der Waals surface area contributed by atoms with Crippen LogP contribution in [0.15, 0.2) is 0 Å². The smallest absolute Gasteiger partial charge is 0.223 e. The monoisotopic (exact) mass is 416 g/mol. The Morgan fingerprint density at radius 2 is 1.97 bits per heavy atom. The molecule has 3 atom stereocenters. The van der Waals surface area contributed by atoms with E-state index in [2.05, 4.69) is 43.8 Å². The van der Waals surface area contributed by atoms with Crippen molar-refractivity contribution in [3.8, 4) is 6.07 Å². The lowest BCUT2D eigenvalue weighted by atomic mass is 10.1. The summed E-state index contributed by atoms with van der Waals surface area (Å²) in [6.07, 6.45) is -0.253. The molecule has 1 N–H and O–H groups in total. The number of nitrogens with zero attached hydrogens (tertiary/aromatic N) is 3. The third-order valence-corrected chi connectivity index (χ3v) is 4.63. The summed E-state index contributed by atoms with van der Waals surface area (Å²) in [5.41, 5.74) is 0. The van der Waals surface area contributed by atoms with Gasteiger partial charge in [-0.3, -0.25) is 9.69 Å². The number of ketones is 1. The first-order valence-corrected chi connectivity index (χ1v) is 10.1. The molecular weight excluding hydrogens is 374 g/mol. The maximum absolute atomic E-state index is 12.4. The lowest BCUT2D eigenvalue weighted by Crippen LogP contribution is -2.50. The summed E-state index contributed by atoms with van der Waals surface area (Å²) in [6, 6.07) is 2.40. The van der Waals surface area contributed by atoms with Crippen LogP contribution in [0.25, 0.3) is 0 Å². The number of amides is 1. The standard InChI is InChI=1S/C20H35N3O4.CH4O/c1-14(2)23(15(3)4)20(26-11-7-10-21)27-18-13-22(12-16(18)5)19(25)9-8-17(6)24;1-2/h14-16,18,20H,7-9,11-13H2,1-6H3;2H,1H3/t16-,18+,20?;/m1./s1/i5T;2D. The Morgan fingerprint density at radius 3 is 2.45 bits per heavy atom. The molecule has 29 heavy (non-hydrogen) atoms. The highest BCUT2D eigenvalue weighted by Crippen LogP contribution is 2.25. The van der Waals surface area contributed by atoms with E-state index in [1.807, 2.05) is 0 Å². The Bertz CT molecular complexity index is 564. The summed E-state index contributed by atoms with van der Waals surface area (Å²) in [5.74, 6) is -0.191. The molecule has 1 unspecified atom stereocenters. The zero-order chi connectivity index (χ0) is 24.0. The van der Waals surface area contributed by atoms with E-state index in [-0.39, 0.29) is 68.6 Å². The van der Waals surface area contributed by atoms with Crippen LogP contribution in [-0.4, -0.2) is 79.4 Å². The lowest BCUT2D eigenvalue weighted by molar-refractivity contribution is -0.261. The first-order valence-electron chi connectivity index (χ1n) is 11.2. The number of likely N-dealkylation sites (tertiary alicyclic amines) is 1. The van der Waals surface area contributed by atoms with E-state index < -0.39 is 6.41 Å². The van der Waals surface area contributed by atoms with Crippen molar-refractivity contribution in [1.82, 2.24) is 9.80 Å². The number of aliphatic hydroxyl groups is 1. The minimum atomic E-state index is -0.639. The zero-order valence-electron chi connectivity index (χ0n) is 20.7. The van der Waals surface area contributed by atoms with Gasteiger partial charge < -0.3 is 24.3 Å². The molecule has 0 aromatic heterocycles. The molecule has 8 heteroatoms. The second-order valence-electron chi connectivity index (χ2n) is 7.66. The van der Waals surface area contributed by atoms with Crippen LogP contribution < -0.4 is 0 Å². The van der Waals surface area contributed by atoms with E-state index in [1.165, 1.54) is 14.0 Å². The van der Waals surface area contributed by atoms with Crippen LogP contribution in [0.3, 0.4) is 0 Å². The molecule has 0 saturated carbocycles. The van der Waals surface area contributed by atoms with Gasteiger partial charge in [-0.15, -0.1) is 0 Å². The normalized spacial score (nSPS) is 20.8. The molecule has 0 spiro atoms. The zero-order valence-corrected chi connectivity index (χ0v) is 18.7. The van der Waals surface area contributed by atoms with Gasteiger partial charge in [0.2, 0.25) is 13.8 Å². The maximum atomic E-state index is 12.4. The van der Waals surface area contributed by atoms with Crippen molar-refractivity contribution in [1.29, 1.82) is 6.69 Å². The summed E-state index contributed by atoms with van der Waals surface area (Å²) in [5, 5.41) is 12.3. The minimum Gasteiger partial charge on any atom is -0.400 e. The van der Waals surface area contributed by atoms with E-state index in [0.29, 0.717) is 13.1 Å². The number of carbonyl (C=O) groups is 2. The van der Waals surface area contributed by atoms with Crippen molar-refractivity contribution in [2.75, 3.05) is 26.8 Å². The second kappa shape index (κ2) is 14.5. The van der Waals surface area contributed by atoms with Crippen LogP contribution in [-0.2, 0) is 19.1 Å². The van der Waals surface area contributed by atoms with Crippen molar-refractivity contribution in [2.45, 2.75) is 85.4 Å². The molecule has 1 heterocycles. The molecule has 0 aromatic rings. The highest BCUT2D eigenvalue weighted by atomic mass is 16.7. The highest BCUT2D eigenvalue weighted by molar-refractivity contribution is 5.83. The fourth-order valence-electron chi connectivity index (χ4n) is 3.27. The number of hydrogen-bond donors (Lipinski definition) is 1. The summed E-state index contributed by atoms with van der Waals surface area (Å²) in [4.78, 5) is 27.3. The van der Waals surface area contributed by atoms with E-state index in [9.17, 15) is 9.59 Å². The molecule has 1 rings (SSSR count). The topological polar surface area (TPSA) is 103 Å². The van der Waals surface area contributed by atoms with Crippen molar-refractivity contribution in [3.63, 3.8) is 0 Å². The molecule has 0 aromatic carbocycles. The second-order valence-corrected chi connectivity index (χ2v) is 7.66. The summed E-state index contributed by atoms with van der Waals surface area (Å²) < 4.78 is 25.7. The third-order valence-electron chi connectivity index (χ3n) is 4.63. The molecule has 0 bridgehead atoms. The molecule has 1 amide bonds. The molecular formula is C21H39N3O5. The summed E-state index contributed by atoms with van der Waals surface area (Å²) in [6.45, 7) is 11.0. The highest BCUT2D eigenvalue weighted by Gasteiger charge is 2.37. The fourth-order valence-corrected chi connectivity index (χ4v) is 3.27. The molecule has 8 nitrogen and oxygen atoms in total. The fraction of sp³-hybridized carbons (Fsp3) is 0.857. The van der Waals surface area contributed by atoms with Crippen LogP contribution in [0.5, 0.6) is 0 Å². The first-order chi connectivity index (χ1) is 14.6. The van der Waals surface area contributed by atoms with Crippen molar-refractivity contribution in [2.24, 2.45) is 5.92 Å². The van der Waals surface area contributed by atoms with Gasteiger partial charge in [0.1, 0.15) is 5.78 Å². The van der Waals surface area contributed by atoms with Crippen LogP contribution in [0.1, 0.15) is 62.2 Å². The Hall–Kier alpha value is -1.53. The van der Waals surface area contributed by atoms with Gasteiger partial charge in [-0.25, -0.2) is 0 Å². The summed E-state index contributed by atoms with van der Waals surface area (Å²) in [7, 11) is 1.29. The predicted molar refractivity (Wildman–Crippen MR) is 111 cm³/mol. The Morgan fingerprint density at radius 1 is 1.34 bits per heavy atom. The molecule has 168 valence electrons. The van der Waals surface area contributed by atoms with Crippen LogP contribution in [0.4, 0.5) is 0 Å². The van der Waals surface area contributed by atoms with Gasteiger partial charge in [0.05, 0.1) is 25.2 Å². The average molecular weight is 417 g/mol. The molecule has 1 fully saturated rings. The van der Waals surface area contributed by atoms with E-state index in [4.69, 9.17) is 17.5 Å². The van der Waals surface area contributed by atoms with Crippen molar-refractivity contribution in [3.05, 3.63) is 0 Å². The minimum absolute atomic E-state index is 0.00662. The van der Waals surface area contributed by atoms with Crippen LogP contribution in [0, 0.1) is 17.2 Å². The molecule has 0 radical (unpaired) electrons. The number of Topliss-reactive ketones (excluding diaryl/α,β-unsaturated/α-hetero) is 1. The number of carbonyl (C=O) groups excluding carboxylic acids is 2. The van der Waals surface area contributed by atoms with Crippen molar-refractivity contribution >= 4 is 11.7 Å². The Labute approximate surface area is 178 Å². The Kier molecular flexibility index (Phi) is 11.8. The average Bonchev–Trinajstić information content (AvgIpc) is 3.09. The van der Waals surface area contributed by atoms with Crippen LogP contribution >= 0.6 is 0 Å². The predicted octanol–water partition coefficient (Wildman–Crippen LogP) is 2.16. The number of aliphatic hydroxyl groups excluding tert-OH is 1. The van der Waals surface area contributed by atoms with E-state index in [1.54, 1.807) is 4.90 Å². The SMILES string of the molecule is [2H]OC.[3H]C[C@@H]1CN(C(=O)CCC(C)=O)C[C@@H]1OC(OCCC#N)N(C(C)C)C(C)C. The third kappa shape index (κ3) is 9.68. The van der Waals surface area contributed by atoms with Gasteiger partial charge in [0.25, 0.3) is 0 Å². The van der Waals surface area contributed by atoms with Gasteiger partial charge in [-0.1, -0.05) is 6.90 Å². The first kappa shape index (κ1) is 23.7. The number of rotatable bonds is 11. The molecule has 1 aliphatic rings. The summed E-state index contributed by atoms with van der Waals surface area (Å²) >= 11 is 0.